The normalized spacial score (nSPS) is 20.7. The highest BCUT2D eigenvalue weighted by Gasteiger charge is 2.58. The Labute approximate surface area is 282 Å². The standard InChI is InChI=1S/C35H38BrClN4O3S/c1-23-4-11-31(24(2)18-23)45-35(34(43)38-12-3-13-40-14-16-44-17-15-40)20-32(42)41(22-25-5-7-26(36)8-6-25)33(35)29-21-39-30-19-27(37)9-10-28(29)30/h4-11,18-19,21,33,39H,3,12-17,20,22H2,1-2H3,(H,38,43)/t33-,35?/m0/s1. The van der Waals surface area contributed by atoms with Crippen molar-refractivity contribution in [2.24, 2.45) is 0 Å². The van der Waals surface area contributed by atoms with Gasteiger partial charge in [0, 0.05) is 63.2 Å². The predicted molar refractivity (Wildman–Crippen MR) is 185 cm³/mol. The van der Waals surface area contributed by atoms with Crippen LogP contribution in [0.15, 0.2) is 76.2 Å². The molecule has 0 saturated carbocycles. The summed E-state index contributed by atoms with van der Waals surface area (Å²) in [4.78, 5) is 37.5. The maximum atomic E-state index is 14.7. The van der Waals surface area contributed by atoms with E-state index in [9.17, 15) is 9.59 Å². The summed E-state index contributed by atoms with van der Waals surface area (Å²) in [5.74, 6) is -0.165. The number of halogens is 2. The number of aromatic nitrogens is 1. The van der Waals surface area contributed by atoms with Gasteiger partial charge in [0.1, 0.15) is 4.75 Å². The molecule has 2 aliphatic rings. The van der Waals surface area contributed by atoms with Gasteiger partial charge >= 0.3 is 0 Å². The molecule has 0 radical (unpaired) electrons. The van der Waals surface area contributed by atoms with Crippen LogP contribution in [0.5, 0.6) is 0 Å². The summed E-state index contributed by atoms with van der Waals surface area (Å²) in [5, 5.41) is 4.86. The molecule has 4 aromatic rings. The van der Waals surface area contributed by atoms with Gasteiger partial charge in [0.05, 0.1) is 25.7 Å². The van der Waals surface area contributed by atoms with Gasteiger partial charge in [-0.1, -0.05) is 63.4 Å². The molecule has 7 nitrogen and oxygen atoms in total. The van der Waals surface area contributed by atoms with E-state index in [1.165, 1.54) is 11.8 Å². The summed E-state index contributed by atoms with van der Waals surface area (Å²) >= 11 is 11.4. The first-order valence-corrected chi connectivity index (χ1v) is 17.4. The lowest BCUT2D eigenvalue weighted by Crippen LogP contribution is -2.49. The topological polar surface area (TPSA) is 77.7 Å². The number of nitrogens with zero attached hydrogens (tertiary/aromatic N) is 2. The van der Waals surface area contributed by atoms with Crippen LogP contribution in [0.4, 0.5) is 0 Å². The smallest absolute Gasteiger partial charge is 0.239 e. The number of rotatable bonds is 10. The van der Waals surface area contributed by atoms with Crippen molar-refractivity contribution in [1.82, 2.24) is 20.1 Å². The van der Waals surface area contributed by atoms with Crippen molar-refractivity contribution in [3.8, 4) is 0 Å². The number of thioether (sulfide) groups is 1. The van der Waals surface area contributed by atoms with E-state index in [0.717, 1.165) is 81.8 Å². The molecular weight excluding hydrogens is 672 g/mol. The molecule has 1 unspecified atom stereocenters. The number of ether oxygens (including phenoxy) is 1. The SMILES string of the molecule is Cc1ccc(SC2(C(=O)NCCCN3CCOCC3)CC(=O)N(Cc3ccc(Br)cc3)[C@H]2c2c[nH]c3cc(Cl)ccc23)c(C)c1. The van der Waals surface area contributed by atoms with E-state index in [-0.39, 0.29) is 18.2 Å². The molecule has 2 amide bonds. The zero-order valence-electron chi connectivity index (χ0n) is 25.6. The molecule has 2 saturated heterocycles. The van der Waals surface area contributed by atoms with Gasteiger partial charge in [-0.25, -0.2) is 0 Å². The van der Waals surface area contributed by atoms with Gasteiger partial charge in [-0.05, 0) is 68.3 Å². The third-order valence-corrected chi connectivity index (χ3v) is 11.1. The summed E-state index contributed by atoms with van der Waals surface area (Å²) in [5.41, 5.74) is 5.02. The maximum Gasteiger partial charge on any atom is 0.239 e. The molecule has 2 atom stereocenters. The van der Waals surface area contributed by atoms with Crippen LogP contribution in [-0.4, -0.2) is 70.7 Å². The van der Waals surface area contributed by atoms with E-state index >= 15 is 0 Å². The number of fused-ring (bicyclic) bond motifs is 1. The van der Waals surface area contributed by atoms with Crippen LogP contribution in [0.1, 0.15) is 41.1 Å². The minimum Gasteiger partial charge on any atom is -0.379 e. The number of hydrogen-bond donors (Lipinski definition) is 2. The van der Waals surface area contributed by atoms with Gasteiger partial charge in [0.2, 0.25) is 11.8 Å². The van der Waals surface area contributed by atoms with Crippen LogP contribution < -0.4 is 5.32 Å². The highest BCUT2D eigenvalue weighted by atomic mass is 79.9. The van der Waals surface area contributed by atoms with E-state index < -0.39 is 10.8 Å². The van der Waals surface area contributed by atoms with Gasteiger partial charge in [0.25, 0.3) is 0 Å². The largest absolute Gasteiger partial charge is 0.379 e. The van der Waals surface area contributed by atoms with E-state index in [2.05, 4.69) is 63.2 Å². The molecule has 3 heterocycles. The average Bonchev–Trinajstić information content (AvgIpc) is 3.55. The second-order valence-corrected chi connectivity index (χ2v) is 14.7. The second kappa shape index (κ2) is 13.9. The number of hydrogen-bond acceptors (Lipinski definition) is 5. The lowest BCUT2D eigenvalue weighted by Gasteiger charge is -2.37. The molecule has 0 bridgehead atoms. The Morgan fingerprint density at radius 2 is 1.89 bits per heavy atom. The zero-order chi connectivity index (χ0) is 31.6. The number of aryl methyl sites for hydroxylation is 2. The van der Waals surface area contributed by atoms with Gasteiger partial charge in [-0.2, -0.15) is 0 Å². The number of H-pyrrole nitrogens is 1. The molecule has 2 N–H and O–H groups in total. The lowest BCUT2D eigenvalue weighted by molar-refractivity contribution is -0.129. The van der Waals surface area contributed by atoms with E-state index in [4.69, 9.17) is 16.3 Å². The summed E-state index contributed by atoms with van der Waals surface area (Å²) in [6.45, 7) is 9.26. The Bertz CT molecular complexity index is 1690. The summed E-state index contributed by atoms with van der Waals surface area (Å²) < 4.78 is 5.35. The number of morpholine rings is 1. The quantitative estimate of drug-likeness (QED) is 0.173. The number of carbonyl (C=O) groups is 2. The van der Waals surface area contributed by atoms with Crippen molar-refractivity contribution in [3.63, 3.8) is 0 Å². The number of benzene rings is 3. The summed E-state index contributed by atoms with van der Waals surface area (Å²) in [6.07, 6.45) is 2.85. The van der Waals surface area contributed by atoms with Crippen LogP contribution in [0.3, 0.4) is 0 Å². The molecule has 0 aliphatic carbocycles. The zero-order valence-corrected chi connectivity index (χ0v) is 28.7. The Balaban J connectivity index is 1.41. The molecule has 0 spiro atoms. The number of nitrogens with one attached hydrogen (secondary N) is 2. The average molecular weight is 710 g/mol. The third-order valence-electron chi connectivity index (χ3n) is 8.77. The fourth-order valence-corrected chi connectivity index (χ4v) is 8.39. The Kier molecular flexibility index (Phi) is 9.92. The van der Waals surface area contributed by atoms with Crippen LogP contribution >= 0.6 is 39.3 Å². The van der Waals surface area contributed by atoms with Crippen molar-refractivity contribution in [1.29, 1.82) is 0 Å². The third kappa shape index (κ3) is 6.98. The number of amides is 2. The summed E-state index contributed by atoms with van der Waals surface area (Å²) in [7, 11) is 0. The van der Waals surface area contributed by atoms with Gasteiger partial charge in [0.15, 0.2) is 0 Å². The van der Waals surface area contributed by atoms with Crippen LogP contribution in [-0.2, 0) is 20.9 Å². The first-order chi connectivity index (χ1) is 21.7. The number of likely N-dealkylation sites (tertiary alicyclic amines) is 1. The Morgan fingerprint density at radius 3 is 2.64 bits per heavy atom. The van der Waals surface area contributed by atoms with Crippen LogP contribution in [0.25, 0.3) is 10.9 Å². The van der Waals surface area contributed by atoms with E-state index in [1.807, 2.05) is 53.6 Å². The maximum absolute atomic E-state index is 14.7. The van der Waals surface area contributed by atoms with Crippen LogP contribution in [0.2, 0.25) is 5.02 Å². The van der Waals surface area contributed by atoms with E-state index in [1.54, 1.807) is 0 Å². The van der Waals surface area contributed by atoms with E-state index in [0.29, 0.717) is 18.1 Å². The number of carbonyl (C=O) groups excluding carboxylic acids is 2. The number of aromatic amines is 1. The lowest BCUT2D eigenvalue weighted by atomic mass is 9.91. The fraction of sp³-hybridized carbons (Fsp3) is 0.371. The molecule has 2 aliphatic heterocycles. The molecule has 45 heavy (non-hydrogen) atoms. The Morgan fingerprint density at radius 1 is 1.11 bits per heavy atom. The van der Waals surface area contributed by atoms with Crippen molar-refractivity contribution in [2.45, 2.75) is 48.9 Å². The Hall–Kier alpha value is -2.82. The molecular formula is C35H38BrClN4O3S. The highest BCUT2D eigenvalue weighted by molar-refractivity contribution is 9.10. The first kappa shape index (κ1) is 32.1. The molecule has 10 heteroatoms. The highest BCUT2D eigenvalue weighted by Crippen LogP contribution is 2.55. The van der Waals surface area contributed by atoms with Crippen molar-refractivity contribution >= 4 is 62.0 Å². The molecule has 2 fully saturated rings. The predicted octanol–water partition coefficient (Wildman–Crippen LogP) is 7.04. The molecule has 236 valence electrons. The molecule has 1 aromatic heterocycles. The van der Waals surface area contributed by atoms with Crippen LogP contribution in [0, 0.1) is 13.8 Å². The molecule has 3 aromatic carbocycles. The second-order valence-electron chi connectivity index (χ2n) is 12.0. The monoisotopic (exact) mass is 708 g/mol. The summed E-state index contributed by atoms with van der Waals surface area (Å²) in [6, 6.07) is 19.5. The van der Waals surface area contributed by atoms with Gasteiger partial charge in [-0.3, -0.25) is 14.5 Å². The minimum absolute atomic E-state index is 0.0491. The minimum atomic E-state index is -1.11. The van der Waals surface area contributed by atoms with Gasteiger partial charge < -0.3 is 19.9 Å². The molecule has 6 rings (SSSR count). The van der Waals surface area contributed by atoms with Crippen molar-refractivity contribution < 1.29 is 14.3 Å². The first-order valence-electron chi connectivity index (χ1n) is 15.4. The van der Waals surface area contributed by atoms with Crippen molar-refractivity contribution in [3.05, 3.63) is 98.6 Å². The van der Waals surface area contributed by atoms with Gasteiger partial charge in [-0.15, -0.1) is 11.8 Å². The van der Waals surface area contributed by atoms with Crippen molar-refractivity contribution in [2.75, 3.05) is 39.4 Å². The fourth-order valence-electron chi connectivity index (χ4n) is 6.48.